The van der Waals surface area contributed by atoms with Gasteiger partial charge < -0.3 is 30.9 Å². The van der Waals surface area contributed by atoms with Crippen molar-refractivity contribution >= 4 is 23.7 Å². The molecule has 9 heteroatoms. The summed E-state index contributed by atoms with van der Waals surface area (Å²) in [5.41, 5.74) is 0.735. The van der Waals surface area contributed by atoms with Crippen LogP contribution in [0, 0.1) is 6.92 Å². The number of aromatic carboxylic acids is 1. The molecule has 0 spiro atoms. The van der Waals surface area contributed by atoms with Gasteiger partial charge in [0.15, 0.2) is 0 Å². The fourth-order valence-corrected chi connectivity index (χ4v) is 1.53. The second kappa shape index (κ2) is 7.17. The van der Waals surface area contributed by atoms with Gasteiger partial charge in [0.05, 0.1) is 5.69 Å². The number of urea groups is 2. The number of nitrogens with one attached hydrogen (secondary N) is 4. The molecule has 1 aromatic rings. The van der Waals surface area contributed by atoms with Crippen LogP contribution in [0.4, 0.5) is 15.3 Å². The van der Waals surface area contributed by atoms with Gasteiger partial charge in [-0.05, 0) is 13.0 Å². The summed E-state index contributed by atoms with van der Waals surface area (Å²) in [6, 6.07) is 0.721. The predicted octanol–water partition coefficient (Wildman–Crippen LogP) is 0.414. The first kappa shape index (κ1) is 16.3. The van der Waals surface area contributed by atoms with Gasteiger partial charge in [0.25, 0.3) is 0 Å². The van der Waals surface area contributed by atoms with Crippen LogP contribution in [0.25, 0.3) is 0 Å². The summed E-state index contributed by atoms with van der Waals surface area (Å²) in [5.74, 6) is -1.16. The van der Waals surface area contributed by atoms with Crippen molar-refractivity contribution in [1.82, 2.24) is 20.5 Å². The van der Waals surface area contributed by atoms with E-state index in [4.69, 9.17) is 5.11 Å². The molecule has 0 atom stereocenters. The molecule has 0 fully saturated rings. The lowest BCUT2D eigenvalue weighted by Gasteiger charge is -2.12. The third-order valence-corrected chi connectivity index (χ3v) is 2.51. The van der Waals surface area contributed by atoms with Gasteiger partial charge in [0, 0.05) is 32.9 Å². The average molecular weight is 297 g/mol. The summed E-state index contributed by atoms with van der Waals surface area (Å²) in [5, 5.41) is 16.5. The van der Waals surface area contributed by atoms with E-state index in [0.717, 1.165) is 0 Å². The Morgan fingerprint density at radius 3 is 2.43 bits per heavy atom. The van der Waals surface area contributed by atoms with Crippen LogP contribution in [-0.2, 0) is 0 Å². The molecule has 1 rings (SSSR count). The maximum Gasteiger partial charge on any atom is 0.354 e. The molecule has 9 nitrogen and oxygen atoms in total. The van der Waals surface area contributed by atoms with Crippen LogP contribution >= 0.6 is 0 Å². The number of anilines is 1. The minimum absolute atomic E-state index is 0.0800. The fraction of sp³-hybridized carbons (Fsp3) is 0.417. The van der Waals surface area contributed by atoms with E-state index in [9.17, 15) is 14.4 Å². The molecule has 0 aliphatic rings. The van der Waals surface area contributed by atoms with Crippen molar-refractivity contribution in [2.75, 3.05) is 32.5 Å². The summed E-state index contributed by atoms with van der Waals surface area (Å²) >= 11 is 0. The number of aromatic amines is 1. The number of carboxylic acids is 1. The Kier molecular flexibility index (Phi) is 5.58. The van der Waals surface area contributed by atoms with E-state index in [-0.39, 0.29) is 30.5 Å². The molecule has 0 bridgehead atoms. The third-order valence-electron chi connectivity index (χ3n) is 2.51. The molecule has 0 aliphatic heterocycles. The molecule has 0 saturated heterocycles. The maximum absolute atomic E-state index is 11.6. The molecular formula is C12H19N5O4. The quantitative estimate of drug-likeness (QED) is 0.504. The van der Waals surface area contributed by atoms with Crippen molar-refractivity contribution in [3.8, 4) is 0 Å². The van der Waals surface area contributed by atoms with E-state index >= 15 is 0 Å². The zero-order valence-electron chi connectivity index (χ0n) is 12.1. The van der Waals surface area contributed by atoms with Crippen molar-refractivity contribution < 1.29 is 19.5 Å². The van der Waals surface area contributed by atoms with Crippen LogP contribution in [0.1, 0.15) is 16.2 Å². The van der Waals surface area contributed by atoms with E-state index < -0.39 is 12.0 Å². The number of amides is 4. The van der Waals surface area contributed by atoms with Gasteiger partial charge in [0.1, 0.15) is 5.69 Å². The summed E-state index contributed by atoms with van der Waals surface area (Å²) in [6.45, 7) is 2.17. The van der Waals surface area contributed by atoms with Crippen LogP contribution in [0.5, 0.6) is 0 Å². The second-order valence-corrected chi connectivity index (χ2v) is 4.55. The number of aryl methyl sites for hydroxylation is 1. The lowest BCUT2D eigenvalue weighted by Crippen LogP contribution is -2.40. The molecule has 0 unspecified atom stereocenters. The van der Waals surface area contributed by atoms with Crippen LogP contribution in [0.2, 0.25) is 0 Å². The van der Waals surface area contributed by atoms with E-state index in [1.54, 1.807) is 21.0 Å². The summed E-state index contributed by atoms with van der Waals surface area (Å²) in [6.07, 6.45) is 0. The van der Waals surface area contributed by atoms with Gasteiger partial charge >= 0.3 is 18.0 Å². The topological polar surface area (TPSA) is 127 Å². The highest BCUT2D eigenvalue weighted by Gasteiger charge is 2.15. The lowest BCUT2D eigenvalue weighted by atomic mass is 10.3. The fourth-order valence-electron chi connectivity index (χ4n) is 1.53. The van der Waals surface area contributed by atoms with Crippen LogP contribution in [-0.4, -0.2) is 60.2 Å². The Morgan fingerprint density at radius 2 is 1.86 bits per heavy atom. The normalized spacial score (nSPS) is 9.86. The molecule has 1 aromatic heterocycles. The molecule has 0 saturated carbocycles. The molecule has 0 radical (unpaired) electrons. The summed E-state index contributed by atoms with van der Waals surface area (Å²) in [4.78, 5) is 37.8. The standard InChI is InChI=1S/C12H19N5O4/c1-7-6-8(9(15-7)10(18)19)16-11(20)13-4-5-14-12(21)17(2)3/h6,15H,4-5H2,1-3H3,(H,14,21)(H,18,19)(H2,13,16,20). The Morgan fingerprint density at radius 1 is 1.24 bits per heavy atom. The van der Waals surface area contributed by atoms with Crippen molar-refractivity contribution in [1.29, 1.82) is 0 Å². The van der Waals surface area contributed by atoms with Crippen molar-refractivity contribution in [3.05, 3.63) is 17.5 Å². The zero-order chi connectivity index (χ0) is 16.0. The largest absolute Gasteiger partial charge is 0.477 e. The van der Waals surface area contributed by atoms with E-state index in [0.29, 0.717) is 5.69 Å². The molecular weight excluding hydrogens is 278 g/mol. The van der Waals surface area contributed by atoms with E-state index in [1.165, 1.54) is 11.0 Å². The highest BCUT2D eigenvalue weighted by atomic mass is 16.4. The van der Waals surface area contributed by atoms with Crippen LogP contribution < -0.4 is 16.0 Å². The number of H-pyrrole nitrogens is 1. The predicted molar refractivity (Wildman–Crippen MR) is 76.6 cm³/mol. The summed E-state index contributed by atoms with van der Waals surface area (Å²) in [7, 11) is 3.22. The monoisotopic (exact) mass is 297 g/mol. The van der Waals surface area contributed by atoms with Gasteiger partial charge in [-0.2, -0.15) is 0 Å². The Balaban J connectivity index is 2.41. The minimum atomic E-state index is -1.16. The average Bonchev–Trinajstić information content (AvgIpc) is 2.75. The van der Waals surface area contributed by atoms with E-state index in [1.807, 2.05) is 0 Å². The molecule has 5 N–H and O–H groups in total. The lowest BCUT2D eigenvalue weighted by molar-refractivity contribution is 0.0692. The van der Waals surface area contributed by atoms with Crippen molar-refractivity contribution in [3.63, 3.8) is 0 Å². The smallest absolute Gasteiger partial charge is 0.354 e. The molecule has 116 valence electrons. The first-order valence-corrected chi connectivity index (χ1v) is 6.24. The number of rotatable bonds is 5. The molecule has 1 heterocycles. The molecule has 21 heavy (non-hydrogen) atoms. The highest BCUT2D eigenvalue weighted by molar-refractivity contribution is 5.99. The highest BCUT2D eigenvalue weighted by Crippen LogP contribution is 2.16. The number of hydrogen-bond acceptors (Lipinski definition) is 3. The number of aromatic nitrogens is 1. The van der Waals surface area contributed by atoms with E-state index in [2.05, 4.69) is 20.9 Å². The Bertz CT molecular complexity index is 538. The Hall–Kier alpha value is -2.71. The van der Waals surface area contributed by atoms with Gasteiger partial charge in [-0.15, -0.1) is 0 Å². The number of carbonyl (C=O) groups excluding carboxylic acids is 2. The van der Waals surface area contributed by atoms with Gasteiger partial charge in [-0.25, -0.2) is 14.4 Å². The first-order valence-electron chi connectivity index (χ1n) is 6.24. The number of carbonyl (C=O) groups is 3. The molecule has 0 aromatic carbocycles. The first-order chi connectivity index (χ1) is 9.81. The molecule has 0 aliphatic carbocycles. The van der Waals surface area contributed by atoms with Gasteiger partial charge in [0.2, 0.25) is 0 Å². The zero-order valence-corrected chi connectivity index (χ0v) is 12.1. The number of carboxylic acid groups (broad SMARTS) is 1. The van der Waals surface area contributed by atoms with Crippen molar-refractivity contribution in [2.45, 2.75) is 6.92 Å². The SMILES string of the molecule is Cc1cc(NC(=O)NCCNC(=O)N(C)C)c(C(=O)O)[nH]1. The summed E-state index contributed by atoms with van der Waals surface area (Å²) < 4.78 is 0. The molecule has 4 amide bonds. The second-order valence-electron chi connectivity index (χ2n) is 4.55. The Labute approximate surface area is 121 Å². The van der Waals surface area contributed by atoms with Gasteiger partial charge in [-0.3, -0.25) is 0 Å². The van der Waals surface area contributed by atoms with Gasteiger partial charge in [-0.1, -0.05) is 0 Å². The van der Waals surface area contributed by atoms with Crippen LogP contribution in [0.3, 0.4) is 0 Å². The maximum atomic E-state index is 11.6. The van der Waals surface area contributed by atoms with Crippen LogP contribution in [0.15, 0.2) is 6.07 Å². The van der Waals surface area contributed by atoms with Crippen molar-refractivity contribution in [2.24, 2.45) is 0 Å². The minimum Gasteiger partial charge on any atom is -0.477 e. The number of hydrogen-bond donors (Lipinski definition) is 5. The number of nitrogens with zero attached hydrogens (tertiary/aromatic N) is 1. The third kappa shape index (κ3) is 5.05.